The molecule has 0 aliphatic heterocycles. The first-order chi connectivity index (χ1) is 6.66. The summed E-state index contributed by atoms with van der Waals surface area (Å²) in [6, 6.07) is 4.01. The lowest BCUT2D eigenvalue weighted by Gasteiger charge is -2.13. The predicted molar refractivity (Wildman–Crippen MR) is 53.3 cm³/mol. The molecular formula is C10H15FN2O. The van der Waals surface area contributed by atoms with E-state index in [9.17, 15) is 9.50 Å². The highest BCUT2D eigenvalue weighted by Gasteiger charge is 2.12. The molecule has 0 bridgehead atoms. The molecule has 0 amide bonds. The zero-order valence-corrected chi connectivity index (χ0v) is 7.91. The lowest BCUT2D eigenvalue weighted by molar-refractivity contribution is 0.418. The summed E-state index contributed by atoms with van der Waals surface area (Å²) in [7, 11) is 0. The van der Waals surface area contributed by atoms with Crippen LogP contribution in [0.2, 0.25) is 0 Å². The van der Waals surface area contributed by atoms with Gasteiger partial charge in [-0.25, -0.2) is 4.39 Å². The summed E-state index contributed by atoms with van der Waals surface area (Å²) in [4.78, 5) is 0. The number of phenolic OH excluding ortho intramolecular Hbond substituents is 1. The van der Waals surface area contributed by atoms with Gasteiger partial charge < -0.3 is 16.6 Å². The zero-order valence-electron chi connectivity index (χ0n) is 7.91. The maximum absolute atomic E-state index is 12.9. The molecule has 3 nitrogen and oxygen atoms in total. The normalized spacial score (nSPS) is 12.8. The minimum Gasteiger partial charge on any atom is -0.505 e. The smallest absolute Gasteiger partial charge is 0.165 e. The van der Waals surface area contributed by atoms with Crippen LogP contribution in [-0.4, -0.2) is 11.7 Å². The van der Waals surface area contributed by atoms with E-state index in [2.05, 4.69) is 0 Å². The Morgan fingerprint density at radius 2 is 2.14 bits per heavy atom. The summed E-state index contributed by atoms with van der Waals surface area (Å²) in [5.74, 6) is -0.984. The van der Waals surface area contributed by atoms with Gasteiger partial charge in [0.25, 0.3) is 0 Å². The van der Waals surface area contributed by atoms with Crippen LogP contribution in [-0.2, 0) is 0 Å². The van der Waals surface area contributed by atoms with E-state index in [4.69, 9.17) is 11.5 Å². The van der Waals surface area contributed by atoms with Crippen LogP contribution in [0.1, 0.15) is 24.4 Å². The molecule has 1 aromatic carbocycles. The third-order valence-corrected chi connectivity index (χ3v) is 2.14. The van der Waals surface area contributed by atoms with Crippen molar-refractivity contribution in [3.8, 4) is 5.75 Å². The molecule has 0 heterocycles. The molecule has 1 rings (SSSR count). The maximum atomic E-state index is 12.9. The van der Waals surface area contributed by atoms with Gasteiger partial charge in [0.2, 0.25) is 0 Å². The van der Waals surface area contributed by atoms with Gasteiger partial charge >= 0.3 is 0 Å². The van der Waals surface area contributed by atoms with Crippen LogP contribution in [0.4, 0.5) is 4.39 Å². The van der Waals surface area contributed by atoms with Gasteiger partial charge in [0.05, 0.1) is 0 Å². The highest BCUT2D eigenvalue weighted by Crippen LogP contribution is 2.27. The Bertz CT molecular complexity index is 304. The molecule has 0 unspecified atom stereocenters. The van der Waals surface area contributed by atoms with Crippen molar-refractivity contribution in [2.24, 2.45) is 11.5 Å². The number of benzene rings is 1. The molecule has 0 saturated carbocycles. The molecular weight excluding hydrogens is 183 g/mol. The lowest BCUT2D eigenvalue weighted by atomic mass is 10.0. The van der Waals surface area contributed by atoms with Gasteiger partial charge in [-0.2, -0.15) is 0 Å². The number of phenols is 1. The van der Waals surface area contributed by atoms with Crippen molar-refractivity contribution in [3.63, 3.8) is 0 Å². The predicted octanol–water partition coefficient (Wildman–Crippen LogP) is 1.27. The summed E-state index contributed by atoms with van der Waals surface area (Å²) >= 11 is 0. The topological polar surface area (TPSA) is 72.3 Å². The number of halogens is 1. The van der Waals surface area contributed by atoms with Crippen molar-refractivity contribution in [3.05, 3.63) is 29.6 Å². The highest BCUT2D eigenvalue weighted by molar-refractivity contribution is 5.35. The summed E-state index contributed by atoms with van der Waals surface area (Å²) in [5, 5.41) is 9.38. The van der Waals surface area contributed by atoms with Crippen LogP contribution < -0.4 is 11.5 Å². The third-order valence-electron chi connectivity index (χ3n) is 2.14. The lowest BCUT2D eigenvalue weighted by Crippen LogP contribution is -2.13. The molecule has 14 heavy (non-hydrogen) atoms. The molecule has 0 saturated heterocycles. The van der Waals surface area contributed by atoms with E-state index < -0.39 is 5.82 Å². The molecule has 1 atom stereocenters. The molecule has 0 radical (unpaired) electrons. The maximum Gasteiger partial charge on any atom is 0.165 e. The van der Waals surface area contributed by atoms with Crippen LogP contribution in [0.3, 0.4) is 0 Å². The number of nitrogens with two attached hydrogens (primary N) is 2. The number of hydrogen-bond donors (Lipinski definition) is 3. The monoisotopic (exact) mass is 198 g/mol. The van der Waals surface area contributed by atoms with E-state index in [1.165, 1.54) is 12.1 Å². The van der Waals surface area contributed by atoms with E-state index in [0.717, 1.165) is 6.42 Å². The molecule has 78 valence electrons. The second kappa shape index (κ2) is 4.93. The Morgan fingerprint density at radius 3 is 2.79 bits per heavy atom. The number of aromatic hydroxyl groups is 1. The van der Waals surface area contributed by atoms with Crippen molar-refractivity contribution in [2.45, 2.75) is 18.9 Å². The number of rotatable bonds is 4. The van der Waals surface area contributed by atoms with Gasteiger partial charge in [-0.15, -0.1) is 0 Å². The summed E-state index contributed by atoms with van der Waals surface area (Å²) in [5.41, 5.74) is 11.5. The summed E-state index contributed by atoms with van der Waals surface area (Å²) < 4.78 is 12.9. The quantitative estimate of drug-likeness (QED) is 0.682. The fourth-order valence-corrected chi connectivity index (χ4v) is 1.32. The Hall–Kier alpha value is -1.13. The van der Waals surface area contributed by atoms with Crippen LogP contribution in [0.25, 0.3) is 0 Å². The molecule has 0 spiro atoms. The zero-order chi connectivity index (χ0) is 10.6. The molecule has 0 aliphatic rings. The second-order valence-electron chi connectivity index (χ2n) is 3.22. The van der Waals surface area contributed by atoms with E-state index in [0.29, 0.717) is 18.5 Å². The largest absolute Gasteiger partial charge is 0.505 e. The first-order valence-electron chi connectivity index (χ1n) is 4.60. The standard InChI is InChI=1S/C10H15FN2O/c11-8-4-1-3-7(10(8)14)9(13)5-2-6-12/h1,3-4,9,14H,2,5-6,12-13H2/t9-/m1/s1. The van der Waals surface area contributed by atoms with Crippen LogP contribution in [0, 0.1) is 5.82 Å². The minimum absolute atomic E-state index is 0.350. The second-order valence-corrected chi connectivity index (χ2v) is 3.22. The van der Waals surface area contributed by atoms with E-state index in [-0.39, 0.29) is 11.8 Å². The van der Waals surface area contributed by atoms with Gasteiger partial charge in [0, 0.05) is 11.6 Å². The van der Waals surface area contributed by atoms with Crippen molar-refractivity contribution in [1.82, 2.24) is 0 Å². The number of para-hydroxylation sites is 1. The van der Waals surface area contributed by atoms with Crippen LogP contribution in [0.5, 0.6) is 5.75 Å². The fraction of sp³-hybridized carbons (Fsp3) is 0.400. The molecule has 1 aromatic rings. The van der Waals surface area contributed by atoms with E-state index in [1.54, 1.807) is 6.07 Å². The van der Waals surface area contributed by atoms with Gasteiger partial charge in [-0.3, -0.25) is 0 Å². The molecule has 4 heteroatoms. The van der Waals surface area contributed by atoms with Crippen molar-refractivity contribution < 1.29 is 9.50 Å². The van der Waals surface area contributed by atoms with Gasteiger partial charge in [-0.1, -0.05) is 12.1 Å². The first kappa shape index (κ1) is 10.9. The Morgan fingerprint density at radius 1 is 1.43 bits per heavy atom. The average molecular weight is 198 g/mol. The summed E-state index contributed by atoms with van der Waals surface area (Å²) in [6.07, 6.45) is 1.41. The van der Waals surface area contributed by atoms with Crippen LogP contribution in [0.15, 0.2) is 18.2 Å². The summed E-state index contributed by atoms with van der Waals surface area (Å²) in [6.45, 7) is 0.545. The average Bonchev–Trinajstić information content (AvgIpc) is 2.18. The van der Waals surface area contributed by atoms with Gasteiger partial charge in [-0.05, 0) is 25.5 Å². The first-order valence-corrected chi connectivity index (χ1v) is 4.60. The Labute approximate surface area is 82.5 Å². The SMILES string of the molecule is NCCC[C@@H](N)c1cccc(F)c1O. The minimum atomic E-state index is -0.634. The van der Waals surface area contributed by atoms with Crippen LogP contribution >= 0.6 is 0 Å². The molecule has 5 N–H and O–H groups in total. The van der Waals surface area contributed by atoms with E-state index >= 15 is 0 Å². The molecule has 0 aromatic heterocycles. The highest BCUT2D eigenvalue weighted by atomic mass is 19.1. The van der Waals surface area contributed by atoms with Crippen molar-refractivity contribution in [1.29, 1.82) is 0 Å². The third kappa shape index (κ3) is 2.43. The van der Waals surface area contributed by atoms with Gasteiger partial charge in [0.1, 0.15) is 0 Å². The Balaban J connectivity index is 2.79. The Kier molecular flexibility index (Phi) is 3.85. The van der Waals surface area contributed by atoms with Gasteiger partial charge in [0.15, 0.2) is 11.6 Å². The number of hydrogen-bond acceptors (Lipinski definition) is 3. The molecule has 0 aliphatic carbocycles. The fourth-order valence-electron chi connectivity index (χ4n) is 1.32. The van der Waals surface area contributed by atoms with E-state index in [1.807, 2.05) is 0 Å². The van der Waals surface area contributed by atoms with Crippen molar-refractivity contribution in [2.75, 3.05) is 6.54 Å². The van der Waals surface area contributed by atoms with Crippen molar-refractivity contribution >= 4 is 0 Å². The molecule has 0 fully saturated rings.